The number of rotatable bonds is 8. The third kappa shape index (κ3) is 5.05. The highest BCUT2D eigenvalue weighted by Crippen LogP contribution is 2.31. The van der Waals surface area contributed by atoms with E-state index >= 15 is 0 Å². The number of ether oxygens (including phenoxy) is 1. The maximum atomic E-state index is 13.1. The van der Waals surface area contributed by atoms with Crippen LogP contribution in [-0.2, 0) is 4.74 Å². The van der Waals surface area contributed by atoms with E-state index in [-0.39, 0.29) is 18.4 Å². The van der Waals surface area contributed by atoms with Crippen molar-refractivity contribution in [3.8, 4) is 12.3 Å². The summed E-state index contributed by atoms with van der Waals surface area (Å²) in [6, 6.07) is 11.2. The lowest BCUT2D eigenvalue weighted by Crippen LogP contribution is -2.52. The van der Waals surface area contributed by atoms with Crippen LogP contribution in [0.4, 0.5) is 0 Å². The van der Waals surface area contributed by atoms with Crippen LogP contribution in [0.1, 0.15) is 52.8 Å². The normalized spacial score (nSPS) is 21.5. The van der Waals surface area contributed by atoms with Crippen molar-refractivity contribution in [2.75, 3.05) is 52.4 Å². The van der Waals surface area contributed by atoms with E-state index in [0.717, 1.165) is 62.6 Å². The predicted molar refractivity (Wildman–Crippen MR) is 139 cm³/mol. The molecule has 3 aliphatic rings. The second-order valence-electron chi connectivity index (χ2n) is 10.3. The third-order valence-corrected chi connectivity index (χ3v) is 7.91. The molecule has 0 bridgehead atoms. The van der Waals surface area contributed by atoms with Crippen LogP contribution in [0.5, 0.6) is 0 Å². The van der Waals surface area contributed by atoms with Gasteiger partial charge in [-0.25, -0.2) is 0 Å². The molecule has 7 heteroatoms. The number of hydrogen-bond acceptors (Lipinski definition) is 6. The minimum Gasteiger partial charge on any atom is -0.389 e. The molecule has 7 nitrogen and oxygen atoms in total. The Morgan fingerprint density at radius 1 is 0.917 bits per heavy atom. The van der Waals surface area contributed by atoms with Crippen LogP contribution in [0.25, 0.3) is 10.8 Å². The number of amides is 2. The molecule has 2 aromatic carbocycles. The standard InChI is InChI=1S/C29H35N3O4/c1-2-29(12-4-3-5-13-29)36-21-23(33)20-31-16-14-30(15-17-31)18-19-32-27(34)24-10-6-8-22-9-7-11-25(26(22)24)28(32)35/h1,6-11,23,33H,3-5,12-21H2/t23-/m1/s1. The van der Waals surface area contributed by atoms with E-state index in [2.05, 4.69) is 15.7 Å². The molecule has 2 fully saturated rings. The monoisotopic (exact) mass is 489 g/mol. The number of aliphatic hydroxyl groups is 1. The summed E-state index contributed by atoms with van der Waals surface area (Å²) in [4.78, 5) is 32.1. The van der Waals surface area contributed by atoms with Crippen LogP contribution < -0.4 is 0 Å². The summed E-state index contributed by atoms with van der Waals surface area (Å²) in [6.07, 6.45) is 10.3. The summed E-state index contributed by atoms with van der Waals surface area (Å²) in [7, 11) is 0. The van der Waals surface area contributed by atoms with Crippen molar-refractivity contribution in [3.63, 3.8) is 0 Å². The van der Waals surface area contributed by atoms with Crippen molar-refractivity contribution in [3.05, 3.63) is 47.5 Å². The second kappa shape index (κ2) is 10.7. The highest BCUT2D eigenvalue weighted by Gasteiger charge is 2.34. The molecule has 1 saturated heterocycles. The van der Waals surface area contributed by atoms with E-state index in [0.29, 0.717) is 30.8 Å². The Balaban J connectivity index is 1.09. The van der Waals surface area contributed by atoms with Gasteiger partial charge in [0.15, 0.2) is 0 Å². The second-order valence-corrected chi connectivity index (χ2v) is 10.3. The Labute approximate surface area is 213 Å². The first kappa shape index (κ1) is 24.9. The lowest BCUT2D eigenvalue weighted by atomic mass is 9.85. The first-order chi connectivity index (χ1) is 17.5. The number of benzene rings is 2. The van der Waals surface area contributed by atoms with E-state index < -0.39 is 11.7 Å². The highest BCUT2D eigenvalue weighted by atomic mass is 16.5. The summed E-state index contributed by atoms with van der Waals surface area (Å²) in [6.45, 7) is 5.11. The summed E-state index contributed by atoms with van der Waals surface area (Å²) in [5.41, 5.74) is 0.694. The largest absolute Gasteiger partial charge is 0.389 e. The number of piperazine rings is 1. The fraction of sp³-hybridized carbons (Fsp3) is 0.517. The summed E-state index contributed by atoms with van der Waals surface area (Å²) >= 11 is 0. The summed E-state index contributed by atoms with van der Waals surface area (Å²) in [5, 5.41) is 12.2. The minimum atomic E-state index is -0.574. The maximum Gasteiger partial charge on any atom is 0.261 e. The molecule has 1 N–H and O–H groups in total. The van der Waals surface area contributed by atoms with Crippen molar-refractivity contribution in [2.24, 2.45) is 0 Å². The van der Waals surface area contributed by atoms with Gasteiger partial charge >= 0.3 is 0 Å². The average molecular weight is 490 g/mol. The predicted octanol–water partition coefficient (Wildman–Crippen LogP) is 2.77. The smallest absolute Gasteiger partial charge is 0.261 e. The van der Waals surface area contributed by atoms with E-state index in [1.165, 1.54) is 11.3 Å². The van der Waals surface area contributed by atoms with Crippen molar-refractivity contribution < 1.29 is 19.4 Å². The Morgan fingerprint density at radius 3 is 2.14 bits per heavy atom. The van der Waals surface area contributed by atoms with Crippen molar-refractivity contribution in [2.45, 2.75) is 43.8 Å². The van der Waals surface area contributed by atoms with Crippen molar-refractivity contribution in [1.82, 2.24) is 14.7 Å². The zero-order chi connectivity index (χ0) is 25.1. The van der Waals surface area contributed by atoms with Gasteiger partial charge in [-0.2, -0.15) is 0 Å². The van der Waals surface area contributed by atoms with E-state index in [1.54, 1.807) is 12.1 Å². The van der Waals surface area contributed by atoms with Gasteiger partial charge < -0.3 is 9.84 Å². The van der Waals surface area contributed by atoms with Crippen LogP contribution in [-0.4, -0.2) is 95.7 Å². The maximum absolute atomic E-state index is 13.1. The van der Waals surface area contributed by atoms with Gasteiger partial charge in [0.1, 0.15) is 5.60 Å². The minimum absolute atomic E-state index is 0.214. The Bertz CT molecular complexity index is 1110. The molecule has 1 saturated carbocycles. The molecule has 2 aromatic rings. The number of terminal acetylenes is 1. The molecule has 36 heavy (non-hydrogen) atoms. The quantitative estimate of drug-likeness (QED) is 0.454. The first-order valence-corrected chi connectivity index (χ1v) is 13.1. The third-order valence-electron chi connectivity index (χ3n) is 7.91. The lowest BCUT2D eigenvalue weighted by molar-refractivity contribution is -0.0715. The fourth-order valence-electron chi connectivity index (χ4n) is 5.78. The number of carbonyl (C=O) groups is 2. The molecule has 2 heterocycles. The Hall–Kier alpha value is -2.76. The van der Waals surface area contributed by atoms with Gasteiger partial charge in [-0.05, 0) is 43.2 Å². The molecule has 0 radical (unpaired) electrons. The molecule has 1 atom stereocenters. The molecule has 0 unspecified atom stereocenters. The van der Waals surface area contributed by atoms with Gasteiger partial charge in [0.05, 0.1) is 12.7 Å². The van der Waals surface area contributed by atoms with Crippen LogP contribution in [0.2, 0.25) is 0 Å². The molecule has 5 rings (SSSR count). The van der Waals surface area contributed by atoms with Gasteiger partial charge in [0.25, 0.3) is 11.8 Å². The Morgan fingerprint density at radius 2 is 1.53 bits per heavy atom. The van der Waals surface area contributed by atoms with Gasteiger partial charge in [-0.15, -0.1) is 6.42 Å². The summed E-state index contributed by atoms with van der Waals surface area (Å²) < 4.78 is 6.02. The molecule has 0 aromatic heterocycles. The number of nitrogens with zero attached hydrogens (tertiary/aromatic N) is 3. The zero-order valence-corrected chi connectivity index (χ0v) is 20.8. The van der Waals surface area contributed by atoms with Crippen LogP contribution in [0.3, 0.4) is 0 Å². The molecule has 0 spiro atoms. The van der Waals surface area contributed by atoms with E-state index in [1.807, 2.05) is 24.3 Å². The molecule has 190 valence electrons. The first-order valence-electron chi connectivity index (χ1n) is 13.1. The Kier molecular flexibility index (Phi) is 7.40. The van der Waals surface area contributed by atoms with Crippen LogP contribution >= 0.6 is 0 Å². The van der Waals surface area contributed by atoms with E-state index in [9.17, 15) is 14.7 Å². The molecule has 2 amide bonds. The van der Waals surface area contributed by atoms with Gasteiger partial charge in [0, 0.05) is 62.3 Å². The zero-order valence-electron chi connectivity index (χ0n) is 20.8. The number of carbonyl (C=O) groups excluding carboxylic acids is 2. The van der Waals surface area contributed by atoms with Crippen LogP contribution in [0, 0.1) is 12.3 Å². The highest BCUT2D eigenvalue weighted by molar-refractivity contribution is 6.25. The average Bonchev–Trinajstić information content (AvgIpc) is 2.92. The topological polar surface area (TPSA) is 73.3 Å². The fourth-order valence-corrected chi connectivity index (χ4v) is 5.78. The SMILES string of the molecule is C#CC1(OC[C@H](O)CN2CCN(CCN3C(=O)c4cccc5cccc(c45)C3=O)CC2)CCCCC1. The molecule has 1 aliphatic carbocycles. The molecular weight excluding hydrogens is 454 g/mol. The lowest BCUT2D eigenvalue weighted by Gasteiger charge is -2.37. The van der Waals surface area contributed by atoms with Gasteiger partial charge in [-0.1, -0.05) is 36.6 Å². The summed E-state index contributed by atoms with van der Waals surface area (Å²) in [5.74, 6) is 2.41. The molecule has 2 aliphatic heterocycles. The van der Waals surface area contributed by atoms with Gasteiger partial charge in [-0.3, -0.25) is 24.3 Å². The molecular formula is C29H35N3O4. The van der Waals surface area contributed by atoms with E-state index in [4.69, 9.17) is 11.2 Å². The number of hydrogen-bond donors (Lipinski definition) is 1. The number of imide groups is 1. The number of aliphatic hydroxyl groups excluding tert-OH is 1. The van der Waals surface area contributed by atoms with Crippen molar-refractivity contribution in [1.29, 1.82) is 0 Å². The number of β-amino-alcohol motifs (C(OH)–C–C–N with tert-alkyl or cyclic N) is 1. The van der Waals surface area contributed by atoms with Crippen molar-refractivity contribution >= 4 is 22.6 Å². The van der Waals surface area contributed by atoms with Crippen LogP contribution in [0.15, 0.2) is 36.4 Å². The van der Waals surface area contributed by atoms with Gasteiger partial charge in [0.2, 0.25) is 0 Å².